The maximum absolute atomic E-state index is 10.6. The number of alkyl halides is 6. The average Bonchev–Trinajstić information content (AvgIpc) is 1.83. The van der Waals surface area contributed by atoms with Crippen LogP contribution in [0.25, 0.3) is 0 Å². The van der Waals surface area contributed by atoms with E-state index < -0.39 is 24.3 Å². The molecule has 0 atom stereocenters. The van der Waals surface area contributed by atoms with E-state index >= 15 is 0 Å². The molecule has 0 aliphatic carbocycles. The first-order valence-electron chi connectivity index (χ1n) is 2.49. The van der Waals surface area contributed by atoms with Crippen LogP contribution in [0.4, 0.5) is 26.3 Å². The molecule has 0 amide bonds. The molecule has 0 aromatic rings. The molecule has 4 nitrogen and oxygen atoms in total. The van der Waals surface area contributed by atoms with Crippen LogP contribution in [0.1, 0.15) is 0 Å². The van der Waals surface area contributed by atoms with E-state index in [1.165, 1.54) is 0 Å². The van der Waals surface area contributed by atoms with E-state index in [4.69, 9.17) is 19.8 Å². The first kappa shape index (κ1) is 19.6. The van der Waals surface area contributed by atoms with Gasteiger partial charge in [0.2, 0.25) is 0 Å². The summed E-state index contributed by atoms with van der Waals surface area (Å²) in [5.41, 5.74) is 0. The fraction of sp³-hybridized carbons (Fsp3) is 0.500. The van der Waals surface area contributed by atoms with Crippen LogP contribution in [0.5, 0.6) is 0 Å². The Balaban J connectivity index is -0.000000180. The Morgan fingerprint density at radius 2 is 0.800 bits per heavy atom. The summed E-state index contributed by atoms with van der Waals surface area (Å²) in [5, 5.41) is 14.2. The van der Waals surface area contributed by atoms with Crippen molar-refractivity contribution in [1.82, 2.24) is 0 Å². The molecule has 0 bridgehead atoms. The van der Waals surface area contributed by atoms with Gasteiger partial charge in [-0.2, -0.15) is 26.3 Å². The first-order valence-corrected chi connectivity index (χ1v) is 2.49. The van der Waals surface area contributed by atoms with Crippen LogP contribution >= 0.6 is 0 Å². The van der Waals surface area contributed by atoms with Crippen molar-refractivity contribution in [2.45, 2.75) is 12.4 Å². The first-order chi connectivity index (χ1) is 5.89. The Morgan fingerprint density at radius 1 is 0.733 bits per heavy atom. The third-order valence-electron chi connectivity index (χ3n) is 0.485. The maximum atomic E-state index is 10.6. The molecule has 0 rings (SSSR count). The molecular weight excluding hydrogens is 281 g/mol. The number of carbonyl (C=O) groups is 2. The number of aliphatic carboxylic acids is 2. The second-order valence-electron chi connectivity index (χ2n) is 1.61. The Morgan fingerprint density at radius 3 is 0.800 bits per heavy atom. The molecule has 0 unspecified atom stereocenters. The van der Waals surface area contributed by atoms with Gasteiger partial charge in [-0.15, -0.1) is 0 Å². The van der Waals surface area contributed by atoms with Gasteiger partial charge in [-0.05, 0) is 0 Å². The fourth-order valence-electron chi connectivity index (χ4n) is 0. The Labute approximate surface area is 88.3 Å². The van der Waals surface area contributed by atoms with Crippen LogP contribution in [-0.2, 0) is 26.7 Å². The Hall–Kier alpha value is -0.961. The zero-order valence-electron chi connectivity index (χ0n) is 6.36. The zero-order valence-corrected chi connectivity index (χ0v) is 7.54. The second-order valence-corrected chi connectivity index (χ2v) is 1.61. The van der Waals surface area contributed by atoms with E-state index in [2.05, 4.69) is 0 Å². The van der Waals surface area contributed by atoms with Crippen LogP contribution in [0.3, 0.4) is 0 Å². The molecule has 15 heavy (non-hydrogen) atoms. The molecule has 0 aliphatic heterocycles. The minimum atomic E-state index is -5.08. The van der Waals surface area contributed by atoms with Crippen molar-refractivity contribution in [3.05, 3.63) is 0 Å². The summed E-state index contributed by atoms with van der Waals surface area (Å²) < 4.78 is 63.5. The standard InChI is InChI=1S/2C2HF3O2.Mn/c2*3-2(4,5)1(6)7;/h2*(H,6,7);. The number of carboxylic acid groups (broad SMARTS) is 2. The largest absolute Gasteiger partial charge is 0.490 e. The van der Waals surface area contributed by atoms with Gasteiger partial charge < -0.3 is 10.2 Å². The quantitative estimate of drug-likeness (QED) is 0.518. The van der Waals surface area contributed by atoms with Crippen LogP contribution in [0, 0.1) is 0 Å². The molecule has 0 spiro atoms. The Kier molecular flexibility index (Phi) is 8.50. The fourth-order valence-corrected chi connectivity index (χ4v) is 0. The number of halogens is 6. The van der Waals surface area contributed by atoms with Gasteiger partial charge in [-0.3, -0.25) is 0 Å². The number of hydrogen-bond donors (Lipinski definition) is 2. The van der Waals surface area contributed by atoms with Gasteiger partial charge in [0.1, 0.15) is 0 Å². The van der Waals surface area contributed by atoms with E-state index in [1.54, 1.807) is 0 Å². The minimum Gasteiger partial charge on any atom is -0.475 e. The SMILES string of the molecule is O=C(O)C(F)(F)F.O=C(O)C(F)(F)F.[Mn]. The van der Waals surface area contributed by atoms with Crippen molar-refractivity contribution < 1.29 is 63.2 Å². The predicted octanol–water partition coefficient (Wildman–Crippen LogP) is 1.26. The van der Waals surface area contributed by atoms with Crippen LogP contribution in [0.15, 0.2) is 0 Å². The van der Waals surface area contributed by atoms with Crippen LogP contribution in [0.2, 0.25) is 0 Å². The van der Waals surface area contributed by atoms with Gasteiger partial charge in [0.05, 0.1) is 0 Å². The molecule has 1 radical (unpaired) electrons. The van der Waals surface area contributed by atoms with Crippen molar-refractivity contribution in [2.75, 3.05) is 0 Å². The number of hydrogen-bond acceptors (Lipinski definition) is 2. The molecule has 11 heteroatoms. The molecule has 0 saturated heterocycles. The molecule has 0 heterocycles. The van der Waals surface area contributed by atoms with Gasteiger partial charge in [0, 0.05) is 17.1 Å². The second kappa shape index (κ2) is 6.51. The van der Waals surface area contributed by atoms with Crippen molar-refractivity contribution in [3.63, 3.8) is 0 Å². The van der Waals surface area contributed by atoms with Gasteiger partial charge in [-0.1, -0.05) is 0 Å². The average molecular weight is 283 g/mol. The summed E-state index contributed by atoms with van der Waals surface area (Å²) in [6, 6.07) is 0. The summed E-state index contributed by atoms with van der Waals surface area (Å²) in [6.07, 6.45) is -10.2. The Bertz CT molecular complexity index is 196. The zero-order chi connectivity index (χ0) is 12.2. The van der Waals surface area contributed by atoms with Gasteiger partial charge in [-0.25, -0.2) is 9.59 Å². The third-order valence-corrected chi connectivity index (χ3v) is 0.485. The van der Waals surface area contributed by atoms with E-state index in [1.807, 2.05) is 0 Å². The smallest absolute Gasteiger partial charge is 0.475 e. The summed E-state index contributed by atoms with van der Waals surface area (Å²) in [7, 11) is 0. The molecule has 0 aliphatic rings. The van der Waals surface area contributed by atoms with Crippen LogP contribution < -0.4 is 0 Å². The molecule has 0 aromatic heterocycles. The van der Waals surface area contributed by atoms with Gasteiger partial charge in [0.15, 0.2) is 0 Å². The molecule has 91 valence electrons. The van der Waals surface area contributed by atoms with E-state index in [-0.39, 0.29) is 17.1 Å². The third kappa shape index (κ3) is 13.0. The van der Waals surface area contributed by atoms with E-state index in [0.29, 0.717) is 0 Å². The van der Waals surface area contributed by atoms with Gasteiger partial charge in [0.25, 0.3) is 0 Å². The summed E-state index contributed by atoms with van der Waals surface area (Å²) in [6.45, 7) is 0. The normalized spacial score (nSPS) is 10.5. The molecule has 0 aromatic carbocycles. The van der Waals surface area contributed by atoms with Gasteiger partial charge >= 0.3 is 24.3 Å². The molecule has 0 saturated carbocycles. The number of carboxylic acids is 2. The van der Waals surface area contributed by atoms with E-state index in [0.717, 1.165) is 0 Å². The molecule has 2 N–H and O–H groups in total. The summed E-state index contributed by atoms with van der Waals surface area (Å²) >= 11 is 0. The van der Waals surface area contributed by atoms with Crippen molar-refractivity contribution >= 4 is 11.9 Å². The number of rotatable bonds is 0. The predicted molar refractivity (Wildman–Crippen MR) is 27.4 cm³/mol. The van der Waals surface area contributed by atoms with Crippen LogP contribution in [-0.4, -0.2) is 34.5 Å². The maximum Gasteiger partial charge on any atom is 0.490 e. The summed E-state index contributed by atoms with van der Waals surface area (Å²) in [5.74, 6) is -5.51. The minimum absolute atomic E-state index is 0. The topological polar surface area (TPSA) is 74.6 Å². The monoisotopic (exact) mass is 283 g/mol. The molecule has 0 fully saturated rings. The van der Waals surface area contributed by atoms with Crippen molar-refractivity contribution in [1.29, 1.82) is 0 Å². The molecular formula is C4H2F6MnO4. The van der Waals surface area contributed by atoms with Crippen molar-refractivity contribution in [3.8, 4) is 0 Å². The van der Waals surface area contributed by atoms with E-state index in [9.17, 15) is 26.3 Å². The summed E-state index contributed by atoms with van der Waals surface area (Å²) in [4.78, 5) is 17.8. The van der Waals surface area contributed by atoms with Crippen molar-refractivity contribution in [2.24, 2.45) is 0 Å².